The topological polar surface area (TPSA) is 40.6 Å². The fraction of sp³-hybridized carbons (Fsp3) is 0.429. The first-order valence-corrected chi connectivity index (χ1v) is 6.12. The van der Waals surface area contributed by atoms with Crippen molar-refractivity contribution in [2.75, 3.05) is 27.2 Å². The van der Waals surface area contributed by atoms with Gasteiger partial charge in [-0.05, 0) is 26.0 Å². The van der Waals surface area contributed by atoms with Crippen molar-refractivity contribution in [3.63, 3.8) is 0 Å². The highest BCUT2D eigenvalue weighted by molar-refractivity contribution is 5.96. The van der Waals surface area contributed by atoms with E-state index in [-0.39, 0.29) is 18.0 Å². The Morgan fingerprint density at radius 3 is 2.42 bits per heavy atom. The number of likely N-dealkylation sites (N-methyl/N-ethyl adjacent to an activating group) is 2. The lowest BCUT2D eigenvalue weighted by molar-refractivity contribution is -0.129. The minimum atomic E-state index is -0.564. The maximum absolute atomic E-state index is 13.7. The van der Waals surface area contributed by atoms with Crippen LogP contribution in [0.4, 0.5) is 4.39 Å². The maximum atomic E-state index is 13.7. The zero-order chi connectivity index (χ0) is 14.6. The van der Waals surface area contributed by atoms with Crippen LogP contribution in [-0.4, -0.2) is 48.8 Å². The molecule has 19 heavy (non-hydrogen) atoms. The van der Waals surface area contributed by atoms with E-state index >= 15 is 0 Å². The normalized spacial score (nSPS) is 10.2. The molecule has 0 fully saturated rings. The van der Waals surface area contributed by atoms with Gasteiger partial charge in [-0.1, -0.05) is 11.6 Å². The number of rotatable bonds is 4. The molecule has 0 saturated heterocycles. The number of carbonyl (C=O) groups excluding carboxylic acids is 2. The van der Waals surface area contributed by atoms with Gasteiger partial charge in [0.15, 0.2) is 0 Å². The Kier molecular flexibility index (Phi) is 5.03. The lowest BCUT2D eigenvalue weighted by atomic mass is 10.1. The highest BCUT2D eigenvalue weighted by atomic mass is 19.1. The molecule has 0 atom stereocenters. The maximum Gasteiger partial charge on any atom is 0.257 e. The Labute approximate surface area is 112 Å². The van der Waals surface area contributed by atoms with E-state index in [0.29, 0.717) is 6.54 Å². The van der Waals surface area contributed by atoms with Crippen LogP contribution >= 0.6 is 0 Å². The van der Waals surface area contributed by atoms with Gasteiger partial charge in [0.05, 0.1) is 12.1 Å². The van der Waals surface area contributed by atoms with Crippen LogP contribution < -0.4 is 0 Å². The summed E-state index contributed by atoms with van der Waals surface area (Å²) in [5, 5.41) is 0. The highest BCUT2D eigenvalue weighted by Crippen LogP contribution is 2.13. The number of aryl methyl sites for hydroxylation is 1. The van der Waals surface area contributed by atoms with Crippen LogP contribution in [0.25, 0.3) is 0 Å². The van der Waals surface area contributed by atoms with Crippen molar-refractivity contribution in [1.29, 1.82) is 0 Å². The monoisotopic (exact) mass is 266 g/mol. The summed E-state index contributed by atoms with van der Waals surface area (Å²) >= 11 is 0. The summed E-state index contributed by atoms with van der Waals surface area (Å²) in [5.41, 5.74) is 0.813. The zero-order valence-electron chi connectivity index (χ0n) is 11.7. The number of amides is 2. The second kappa shape index (κ2) is 6.31. The summed E-state index contributed by atoms with van der Waals surface area (Å²) < 4.78 is 13.7. The molecule has 0 radical (unpaired) electrons. The molecule has 1 rings (SSSR count). The Bertz CT molecular complexity index is 486. The largest absolute Gasteiger partial charge is 0.347 e. The standard InChI is InChI=1S/C14H19FN2O2/c1-5-17(9-13(18)16(3)4)14(19)11-8-10(2)6-7-12(11)15/h6-8H,5,9H2,1-4H3. The highest BCUT2D eigenvalue weighted by Gasteiger charge is 2.21. The van der Waals surface area contributed by atoms with Gasteiger partial charge >= 0.3 is 0 Å². The molecule has 0 aliphatic carbocycles. The van der Waals surface area contributed by atoms with Crippen LogP contribution in [-0.2, 0) is 4.79 Å². The van der Waals surface area contributed by atoms with E-state index in [1.807, 2.05) is 0 Å². The van der Waals surface area contributed by atoms with Crippen LogP contribution in [0.2, 0.25) is 0 Å². The first-order chi connectivity index (χ1) is 8.86. The average molecular weight is 266 g/mol. The van der Waals surface area contributed by atoms with Crippen LogP contribution in [0.1, 0.15) is 22.8 Å². The SMILES string of the molecule is CCN(CC(=O)N(C)C)C(=O)c1cc(C)ccc1F. The molecule has 1 aromatic carbocycles. The second-order valence-corrected chi connectivity index (χ2v) is 4.59. The predicted molar refractivity (Wildman–Crippen MR) is 71.4 cm³/mol. The van der Waals surface area contributed by atoms with Crippen molar-refractivity contribution in [2.24, 2.45) is 0 Å². The van der Waals surface area contributed by atoms with Gasteiger partial charge in [-0.25, -0.2) is 4.39 Å². The van der Waals surface area contributed by atoms with E-state index in [1.54, 1.807) is 34.0 Å². The molecule has 0 saturated carbocycles. The molecule has 104 valence electrons. The Morgan fingerprint density at radius 2 is 1.89 bits per heavy atom. The Balaban J connectivity index is 2.95. The number of nitrogens with zero attached hydrogens (tertiary/aromatic N) is 2. The second-order valence-electron chi connectivity index (χ2n) is 4.59. The van der Waals surface area contributed by atoms with E-state index < -0.39 is 11.7 Å². The minimum Gasteiger partial charge on any atom is -0.347 e. The summed E-state index contributed by atoms with van der Waals surface area (Å²) in [6, 6.07) is 4.37. The van der Waals surface area contributed by atoms with Gasteiger partial charge in [-0.3, -0.25) is 9.59 Å². The molecule has 5 heteroatoms. The lowest BCUT2D eigenvalue weighted by Crippen LogP contribution is -2.40. The van der Waals surface area contributed by atoms with Crippen molar-refractivity contribution in [1.82, 2.24) is 9.80 Å². The quantitative estimate of drug-likeness (QED) is 0.832. The summed E-state index contributed by atoms with van der Waals surface area (Å²) in [6.45, 7) is 3.85. The Hall–Kier alpha value is -1.91. The zero-order valence-corrected chi connectivity index (χ0v) is 11.7. The third kappa shape index (κ3) is 3.77. The molecule has 0 aliphatic heterocycles. The van der Waals surface area contributed by atoms with Crippen LogP contribution in [0.15, 0.2) is 18.2 Å². The first-order valence-electron chi connectivity index (χ1n) is 6.12. The third-order valence-corrected chi connectivity index (χ3v) is 2.85. The van der Waals surface area contributed by atoms with E-state index in [1.165, 1.54) is 21.9 Å². The molecule has 2 amide bonds. The van der Waals surface area contributed by atoms with E-state index in [9.17, 15) is 14.0 Å². The smallest absolute Gasteiger partial charge is 0.257 e. The predicted octanol–water partition coefficient (Wildman–Crippen LogP) is 1.68. The molecule has 0 unspecified atom stereocenters. The number of hydrogen-bond donors (Lipinski definition) is 0. The average Bonchev–Trinajstić information content (AvgIpc) is 2.37. The van der Waals surface area contributed by atoms with Gasteiger partial charge in [0.2, 0.25) is 5.91 Å². The van der Waals surface area contributed by atoms with Crippen molar-refractivity contribution >= 4 is 11.8 Å². The molecule has 4 nitrogen and oxygen atoms in total. The van der Waals surface area contributed by atoms with Gasteiger partial charge in [0.1, 0.15) is 5.82 Å². The van der Waals surface area contributed by atoms with Crippen molar-refractivity contribution in [3.05, 3.63) is 35.1 Å². The van der Waals surface area contributed by atoms with Gasteiger partial charge < -0.3 is 9.80 Å². The molecule has 1 aromatic rings. The van der Waals surface area contributed by atoms with Gasteiger partial charge in [-0.2, -0.15) is 0 Å². The summed E-state index contributed by atoms with van der Waals surface area (Å²) in [4.78, 5) is 26.6. The fourth-order valence-corrected chi connectivity index (χ4v) is 1.61. The number of carbonyl (C=O) groups is 2. The first kappa shape index (κ1) is 15.1. The molecule has 0 aliphatic rings. The van der Waals surface area contributed by atoms with Crippen molar-refractivity contribution in [2.45, 2.75) is 13.8 Å². The lowest BCUT2D eigenvalue weighted by Gasteiger charge is -2.22. The van der Waals surface area contributed by atoms with Crippen LogP contribution in [0.3, 0.4) is 0 Å². The molecule has 0 aromatic heterocycles. The van der Waals surface area contributed by atoms with Crippen LogP contribution in [0, 0.1) is 12.7 Å². The molecule has 0 N–H and O–H groups in total. The molecular formula is C14H19FN2O2. The number of hydrogen-bond acceptors (Lipinski definition) is 2. The van der Waals surface area contributed by atoms with Crippen molar-refractivity contribution in [3.8, 4) is 0 Å². The molecular weight excluding hydrogens is 247 g/mol. The van der Waals surface area contributed by atoms with Gasteiger partial charge in [0.25, 0.3) is 5.91 Å². The van der Waals surface area contributed by atoms with Gasteiger partial charge in [0, 0.05) is 20.6 Å². The van der Waals surface area contributed by atoms with E-state index in [4.69, 9.17) is 0 Å². The Morgan fingerprint density at radius 1 is 1.26 bits per heavy atom. The molecule has 0 heterocycles. The number of halogens is 1. The molecule has 0 spiro atoms. The molecule has 0 bridgehead atoms. The minimum absolute atomic E-state index is 0.00778. The summed E-state index contributed by atoms with van der Waals surface area (Å²) in [5.74, 6) is -1.21. The fourth-order valence-electron chi connectivity index (χ4n) is 1.61. The van der Waals surface area contributed by atoms with Gasteiger partial charge in [-0.15, -0.1) is 0 Å². The summed E-state index contributed by atoms with van der Waals surface area (Å²) in [7, 11) is 3.24. The van der Waals surface area contributed by atoms with Crippen molar-refractivity contribution < 1.29 is 14.0 Å². The number of benzene rings is 1. The third-order valence-electron chi connectivity index (χ3n) is 2.85. The van der Waals surface area contributed by atoms with E-state index in [0.717, 1.165) is 5.56 Å². The van der Waals surface area contributed by atoms with E-state index in [2.05, 4.69) is 0 Å². The van der Waals surface area contributed by atoms with Crippen LogP contribution in [0.5, 0.6) is 0 Å². The summed E-state index contributed by atoms with van der Waals surface area (Å²) in [6.07, 6.45) is 0.